The van der Waals surface area contributed by atoms with Gasteiger partial charge in [-0.2, -0.15) is 0 Å². The Labute approximate surface area is 327 Å². The third-order valence-electron chi connectivity index (χ3n) is 7.84. The lowest BCUT2D eigenvalue weighted by Gasteiger charge is -2.27. The normalized spacial score (nSPS) is 14.7. The van der Waals surface area contributed by atoms with Gasteiger partial charge >= 0.3 is 17.9 Å². The van der Waals surface area contributed by atoms with Crippen molar-refractivity contribution in [2.75, 3.05) is 6.61 Å². The SMILES string of the molecule is CC(C)C[C@H](NC(=O)[C@H](CC(N)=O)NC(=O)[C@H](CCC(=O)O)NC(=O)[C@H](CCC(N)=O)NC(=O)[C@H](CC(C)C)NC(=O)[C@H](CO)NC(=O)[C@@H](N)CC(=O)O)C(=O)O. The molecule has 7 atom stereocenters. The van der Waals surface area contributed by atoms with Gasteiger partial charge in [-0.05, 0) is 37.5 Å². The highest BCUT2D eigenvalue weighted by Gasteiger charge is 2.35. The Morgan fingerprint density at radius 3 is 1.28 bits per heavy atom. The lowest BCUT2D eigenvalue weighted by molar-refractivity contribution is -0.143. The number of carboxylic acid groups (broad SMARTS) is 3. The fourth-order valence-corrected chi connectivity index (χ4v) is 5.01. The average Bonchev–Trinajstić information content (AvgIpc) is 3.08. The molecule has 0 aliphatic heterocycles. The number of carbonyl (C=O) groups is 11. The summed E-state index contributed by atoms with van der Waals surface area (Å²) >= 11 is 0. The molecule has 0 fully saturated rings. The van der Waals surface area contributed by atoms with Crippen molar-refractivity contribution in [3.05, 3.63) is 0 Å². The molecule has 0 radical (unpaired) electrons. The van der Waals surface area contributed by atoms with Crippen LogP contribution in [0.15, 0.2) is 0 Å². The van der Waals surface area contributed by atoms with Crippen LogP contribution in [-0.2, 0) is 52.7 Å². The molecule has 0 spiro atoms. The van der Waals surface area contributed by atoms with E-state index in [4.69, 9.17) is 22.3 Å². The molecule has 0 bridgehead atoms. The van der Waals surface area contributed by atoms with E-state index in [-0.39, 0.29) is 24.7 Å². The third kappa shape index (κ3) is 21.1. The number of hydrogen-bond donors (Lipinski definition) is 13. The second-order valence-corrected chi connectivity index (χ2v) is 14.0. The topological polar surface area (TPSA) is 419 Å². The maximum atomic E-state index is 13.6. The van der Waals surface area contributed by atoms with Gasteiger partial charge in [-0.15, -0.1) is 0 Å². The van der Waals surface area contributed by atoms with Crippen LogP contribution in [0.2, 0.25) is 0 Å². The molecule has 16 N–H and O–H groups in total. The molecule has 322 valence electrons. The predicted octanol–water partition coefficient (Wildman–Crippen LogP) is -5.13. The first-order chi connectivity index (χ1) is 26.4. The van der Waals surface area contributed by atoms with Crippen LogP contribution in [0.4, 0.5) is 0 Å². The smallest absolute Gasteiger partial charge is 0.326 e. The van der Waals surface area contributed by atoms with Crippen molar-refractivity contribution in [3.63, 3.8) is 0 Å². The molecular formula is C33H55N9O15. The van der Waals surface area contributed by atoms with E-state index in [0.29, 0.717) is 0 Å². The number of nitrogens with two attached hydrogens (primary N) is 3. The predicted molar refractivity (Wildman–Crippen MR) is 195 cm³/mol. The molecule has 0 heterocycles. The van der Waals surface area contributed by atoms with E-state index >= 15 is 0 Å². The number of hydrogen-bond acceptors (Lipinski definition) is 13. The first-order valence-electron chi connectivity index (χ1n) is 17.8. The van der Waals surface area contributed by atoms with Crippen molar-refractivity contribution >= 4 is 65.2 Å². The number of aliphatic hydroxyl groups excluding tert-OH is 1. The molecule has 0 aromatic heterocycles. The number of carboxylic acids is 3. The minimum Gasteiger partial charge on any atom is -0.481 e. The maximum absolute atomic E-state index is 13.6. The summed E-state index contributed by atoms with van der Waals surface area (Å²) < 4.78 is 0. The van der Waals surface area contributed by atoms with E-state index in [1.54, 1.807) is 27.7 Å². The Kier molecular flexibility index (Phi) is 22.7. The zero-order valence-corrected chi connectivity index (χ0v) is 32.1. The Bertz CT molecular complexity index is 1490. The van der Waals surface area contributed by atoms with E-state index < -0.39 is 153 Å². The number of rotatable bonds is 28. The van der Waals surface area contributed by atoms with E-state index in [2.05, 4.69) is 31.9 Å². The van der Waals surface area contributed by atoms with Crippen LogP contribution in [-0.4, -0.2) is 134 Å². The van der Waals surface area contributed by atoms with Gasteiger partial charge in [-0.25, -0.2) is 4.79 Å². The second-order valence-electron chi connectivity index (χ2n) is 14.0. The largest absolute Gasteiger partial charge is 0.481 e. The highest BCUT2D eigenvalue weighted by molar-refractivity contribution is 5.98. The van der Waals surface area contributed by atoms with Crippen LogP contribution < -0.4 is 49.1 Å². The summed E-state index contributed by atoms with van der Waals surface area (Å²) in [5.41, 5.74) is 16.0. The number of aliphatic hydroxyl groups is 1. The summed E-state index contributed by atoms with van der Waals surface area (Å²) in [5, 5.41) is 50.7. The standard InChI is InChI=1S/C33H55N9O15/c1-14(2)9-19(39-32(55)22(13-43)42-27(50)16(34)11-26(48)49)30(53)38-17(5-7-23(35)44)28(51)37-18(6-8-25(46)47)29(52)40-20(12-24(36)45)31(54)41-21(33(56)57)10-15(3)4/h14-22,43H,5-13,34H2,1-4H3,(H2,35,44)(H2,36,45)(H,37,51)(H,38,53)(H,39,55)(H,40,52)(H,41,54)(H,42,50)(H,46,47)(H,48,49)(H,56,57)/t16-,17-,18-,19-,20-,21-,22-/m0/s1. The minimum atomic E-state index is -1.78. The molecule has 0 rings (SSSR count). The van der Waals surface area contributed by atoms with Crippen LogP contribution >= 0.6 is 0 Å². The number of primary amides is 2. The minimum absolute atomic E-state index is 0.0302. The molecule has 8 amide bonds. The molecule has 0 unspecified atom stereocenters. The Hall–Kier alpha value is -5.91. The van der Waals surface area contributed by atoms with E-state index in [1.807, 2.05) is 0 Å². The number of amides is 8. The summed E-state index contributed by atoms with van der Waals surface area (Å²) in [4.78, 5) is 136. The van der Waals surface area contributed by atoms with E-state index in [9.17, 15) is 68.1 Å². The molecule has 0 aliphatic carbocycles. The highest BCUT2D eigenvalue weighted by atomic mass is 16.4. The van der Waals surface area contributed by atoms with Crippen molar-refractivity contribution in [1.29, 1.82) is 0 Å². The summed E-state index contributed by atoms with van der Waals surface area (Å²) in [6.07, 6.45) is -4.10. The van der Waals surface area contributed by atoms with E-state index in [1.165, 1.54) is 0 Å². The lowest BCUT2D eigenvalue weighted by atomic mass is 10.0. The number of nitrogens with one attached hydrogen (secondary N) is 6. The Morgan fingerprint density at radius 2 is 0.860 bits per heavy atom. The van der Waals surface area contributed by atoms with Crippen molar-refractivity contribution in [2.24, 2.45) is 29.0 Å². The summed E-state index contributed by atoms with van der Waals surface area (Å²) in [6.45, 7) is 5.67. The van der Waals surface area contributed by atoms with Crippen molar-refractivity contribution in [3.8, 4) is 0 Å². The quantitative estimate of drug-likeness (QED) is 0.0351. The Balaban J connectivity index is 6.41. The molecule has 0 saturated heterocycles. The van der Waals surface area contributed by atoms with E-state index in [0.717, 1.165) is 0 Å². The third-order valence-corrected chi connectivity index (χ3v) is 7.84. The molecular weight excluding hydrogens is 762 g/mol. The number of carbonyl (C=O) groups excluding carboxylic acids is 8. The van der Waals surface area contributed by atoms with Crippen LogP contribution in [0, 0.1) is 11.8 Å². The van der Waals surface area contributed by atoms with Crippen LogP contribution in [0.5, 0.6) is 0 Å². The highest BCUT2D eigenvalue weighted by Crippen LogP contribution is 2.10. The number of aliphatic carboxylic acids is 3. The second kappa shape index (κ2) is 25.3. The van der Waals surface area contributed by atoms with Gasteiger partial charge in [0.2, 0.25) is 47.3 Å². The Morgan fingerprint density at radius 1 is 0.474 bits per heavy atom. The fraction of sp³-hybridized carbons (Fsp3) is 0.667. The van der Waals surface area contributed by atoms with Crippen LogP contribution in [0.25, 0.3) is 0 Å². The maximum Gasteiger partial charge on any atom is 0.326 e. The van der Waals surface area contributed by atoms with Gasteiger partial charge in [0.05, 0.1) is 25.5 Å². The van der Waals surface area contributed by atoms with Gasteiger partial charge in [0.15, 0.2) is 0 Å². The molecule has 24 nitrogen and oxygen atoms in total. The van der Waals surface area contributed by atoms with Gasteiger partial charge < -0.3 is 69.5 Å². The molecule has 57 heavy (non-hydrogen) atoms. The van der Waals surface area contributed by atoms with Crippen LogP contribution in [0.3, 0.4) is 0 Å². The van der Waals surface area contributed by atoms with Crippen molar-refractivity contribution < 1.29 is 73.2 Å². The first-order valence-corrected chi connectivity index (χ1v) is 17.8. The zero-order chi connectivity index (χ0) is 44.2. The first kappa shape index (κ1) is 51.1. The van der Waals surface area contributed by atoms with Crippen molar-refractivity contribution in [1.82, 2.24) is 31.9 Å². The molecule has 0 aromatic rings. The van der Waals surface area contributed by atoms with Gasteiger partial charge in [-0.1, -0.05) is 27.7 Å². The fourth-order valence-electron chi connectivity index (χ4n) is 5.01. The van der Waals surface area contributed by atoms with Crippen molar-refractivity contribution in [2.45, 2.75) is 121 Å². The van der Waals surface area contributed by atoms with Gasteiger partial charge in [-0.3, -0.25) is 47.9 Å². The molecule has 0 aromatic carbocycles. The van der Waals surface area contributed by atoms with Gasteiger partial charge in [0.1, 0.15) is 36.3 Å². The van der Waals surface area contributed by atoms with Gasteiger partial charge in [0.25, 0.3) is 0 Å². The van der Waals surface area contributed by atoms with Gasteiger partial charge in [0, 0.05) is 12.8 Å². The lowest BCUT2D eigenvalue weighted by Crippen LogP contribution is -2.60. The summed E-state index contributed by atoms with van der Waals surface area (Å²) in [5.74, 6) is -13.5. The summed E-state index contributed by atoms with van der Waals surface area (Å²) in [6, 6.07) is -11.4. The van der Waals surface area contributed by atoms with Crippen LogP contribution in [0.1, 0.15) is 79.1 Å². The average molecular weight is 818 g/mol. The molecule has 0 saturated carbocycles. The summed E-state index contributed by atoms with van der Waals surface area (Å²) in [7, 11) is 0. The molecule has 24 heteroatoms. The zero-order valence-electron chi connectivity index (χ0n) is 32.1. The molecule has 0 aliphatic rings. The monoisotopic (exact) mass is 817 g/mol.